The first-order valence-electron chi connectivity index (χ1n) is 4.45. The summed E-state index contributed by atoms with van der Waals surface area (Å²) in [5.74, 6) is -0.910. The van der Waals surface area contributed by atoms with Gasteiger partial charge in [-0.25, -0.2) is 9.59 Å². The molecule has 0 aromatic rings. The van der Waals surface area contributed by atoms with Gasteiger partial charge in [-0.2, -0.15) is 0 Å². The first-order chi connectivity index (χ1) is 6.86. The van der Waals surface area contributed by atoms with Crippen molar-refractivity contribution in [3.63, 3.8) is 0 Å². The van der Waals surface area contributed by atoms with Crippen LogP contribution in [0.3, 0.4) is 0 Å². The Hall–Kier alpha value is -1.36. The van der Waals surface area contributed by atoms with E-state index in [4.69, 9.17) is 5.11 Å². The highest BCUT2D eigenvalue weighted by Crippen LogP contribution is 1.87. The van der Waals surface area contributed by atoms with E-state index in [-0.39, 0.29) is 5.97 Å². The lowest BCUT2D eigenvalue weighted by Crippen LogP contribution is -2.18. The average Bonchev–Trinajstić information content (AvgIpc) is 2.17. The Kier molecular flexibility index (Phi) is 9.87. The van der Waals surface area contributed by atoms with Crippen LogP contribution in [-0.4, -0.2) is 36.9 Å². The van der Waals surface area contributed by atoms with Crippen molar-refractivity contribution >= 4 is 11.9 Å². The summed E-state index contributed by atoms with van der Waals surface area (Å²) in [5.41, 5.74) is 0.433. The van der Waals surface area contributed by atoms with Crippen molar-refractivity contribution in [1.29, 1.82) is 0 Å². The Morgan fingerprint density at radius 1 is 1.47 bits per heavy atom. The van der Waals surface area contributed by atoms with E-state index in [0.717, 1.165) is 0 Å². The van der Waals surface area contributed by atoms with Crippen LogP contribution in [0.4, 0.5) is 0 Å². The van der Waals surface area contributed by atoms with Gasteiger partial charge < -0.3 is 14.6 Å². The van der Waals surface area contributed by atoms with Gasteiger partial charge in [-0.1, -0.05) is 6.58 Å². The molecule has 0 aliphatic carbocycles. The van der Waals surface area contributed by atoms with E-state index in [2.05, 4.69) is 16.1 Å². The number of hydrogen-bond donors (Lipinski definition) is 1. The highest BCUT2D eigenvalue weighted by molar-refractivity contribution is 5.86. The molecule has 0 amide bonds. The maximum absolute atomic E-state index is 10.3. The van der Waals surface area contributed by atoms with Crippen LogP contribution in [0.15, 0.2) is 12.2 Å². The van der Waals surface area contributed by atoms with Gasteiger partial charge in [0.2, 0.25) is 0 Å². The first-order valence-corrected chi connectivity index (χ1v) is 4.45. The van der Waals surface area contributed by atoms with Gasteiger partial charge in [-0.05, 0) is 20.8 Å². The number of methoxy groups -OCH3 is 1. The first kappa shape index (κ1) is 16.1. The van der Waals surface area contributed by atoms with Gasteiger partial charge in [0.15, 0.2) is 0 Å². The molecule has 1 atom stereocenters. The zero-order chi connectivity index (χ0) is 12.4. The van der Waals surface area contributed by atoms with Gasteiger partial charge in [0.05, 0.1) is 13.7 Å². The minimum absolute atomic E-state index is 0.323. The van der Waals surface area contributed by atoms with Crippen molar-refractivity contribution < 1.29 is 24.2 Å². The van der Waals surface area contributed by atoms with E-state index in [1.807, 2.05) is 0 Å². The molecule has 15 heavy (non-hydrogen) atoms. The Balaban J connectivity index is 0. The molecular formula is C10H18O5. The summed E-state index contributed by atoms with van der Waals surface area (Å²) in [7, 11) is 1.33. The predicted molar refractivity (Wildman–Crippen MR) is 55.1 cm³/mol. The van der Waals surface area contributed by atoms with Gasteiger partial charge in [0, 0.05) is 5.57 Å². The van der Waals surface area contributed by atoms with Gasteiger partial charge in [-0.3, -0.25) is 0 Å². The lowest BCUT2D eigenvalue weighted by Gasteiger charge is -2.01. The maximum atomic E-state index is 10.3. The smallest absolute Gasteiger partial charge is 0.334 e. The van der Waals surface area contributed by atoms with Crippen LogP contribution in [0.2, 0.25) is 0 Å². The molecule has 88 valence electrons. The van der Waals surface area contributed by atoms with E-state index in [1.54, 1.807) is 13.8 Å². The molecule has 0 spiro atoms. The minimum Gasteiger partial charge on any atom is -0.466 e. The lowest BCUT2D eigenvalue weighted by atomic mass is 10.4. The molecule has 1 unspecified atom stereocenters. The number of rotatable bonds is 3. The van der Waals surface area contributed by atoms with E-state index >= 15 is 0 Å². The van der Waals surface area contributed by atoms with Crippen molar-refractivity contribution in [1.82, 2.24) is 0 Å². The summed E-state index contributed by atoms with van der Waals surface area (Å²) in [6.45, 7) is 8.35. The largest absolute Gasteiger partial charge is 0.466 e. The lowest BCUT2D eigenvalue weighted by molar-refractivity contribution is -0.151. The van der Waals surface area contributed by atoms with Gasteiger partial charge in [0.1, 0.15) is 6.10 Å². The number of carbonyl (C=O) groups is 2. The molecule has 0 aromatic heterocycles. The van der Waals surface area contributed by atoms with Gasteiger partial charge in [0.25, 0.3) is 0 Å². The fourth-order valence-corrected chi connectivity index (χ4v) is 0.437. The summed E-state index contributed by atoms with van der Waals surface area (Å²) in [6, 6.07) is 0. The predicted octanol–water partition coefficient (Wildman–Crippen LogP) is 0.666. The Labute approximate surface area is 89.7 Å². The molecule has 0 aliphatic rings. The van der Waals surface area contributed by atoms with Gasteiger partial charge >= 0.3 is 11.9 Å². The van der Waals surface area contributed by atoms with Crippen LogP contribution in [0.25, 0.3) is 0 Å². The van der Waals surface area contributed by atoms with E-state index < -0.39 is 12.1 Å². The SMILES string of the molecule is C=C(C)C(=O)OC.CCOC(=O)C(C)O. The van der Waals surface area contributed by atoms with Crippen molar-refractivity contribution in [3.8, 4) is 0 Å². The van der Waals surface area contributed by atoms with E-state index in [0.29, 0.717) is 12.2 Å². The van der Waals surface area contributed by atoms with E-state index in [1.165, 1.54) is 14.0 Å². The Morgan fingerprint density at radius 3 is 2.00 bits per heavy atom. The number of aliphatic hydroxyl groups excluding tert-OH is 1. The number of esters is 2. The van der Waals surface area contributed by atoms with Crippen molar-refractivity contribution in [2.45, 2.75) is 26.9 Å². The second-order valence-corrected chi connectivity index (χ2v) is 2.70. The standard InChI is InChI=1S/C5H10O3.C5H8O2/c1-3-8-5(7)4(2)6;1-4(2)5(6)7-3/h4,6H,3H2,1-2H3;1H2,2-3H3. The summed E-state index contributed by atoms with van der Waals surface area (Å²) in [4.78, 5) is 20.5. The van der Waals surface area contributed by atoms with Crippen LogP contribution in [-0.2, 0) is 19.1 Å². The number of hydrogen-bond acceptors (Lipinski definition) is 5. The second-order valence-electron chi connectivity index (χ2n) is 2.70. The summed E-state index contributed by atoms with van der Waals surface area (Å²) in [6.07, 6.45) is -0.991. The highest BCUT2D eigenvalue weighted by Gasteiger charge is 2.07. The molecule has 0 aliphatic heterocycles. The molecule has 5 heteroatoms. The maximum Gasteiger partial charge on any atom is 0.334 e. The third-order valence-electron chi connectivity index (χ3n) is 1.16. The molecule has 0 rings (SSSR count). The van der Waals surface area contributed by atoms with E-state index in [9.17, 15) is 9.59 Å². The molecular weight excluding hydrogens is 200 g/mol. The Bertz CT molecular complexity index is 220. The second kappa shape index (κ2) is 9.21. The topological polar surface area (TPSA) is 72.8 Å². The average molecular weight is 218 g/mol. The molecule has 0 fully saturated rings. The highest BCUT2D eigenvalue weighted by atomic mass is 16.5. The van der Waals surface area contributed by atoms with Crippen LogP contribution in [0.1, 0.15) is 20.8 Å². The number of aliphatic hydroxyl groups is 1. The molecule has 0 bridgehead atoms. The number of ether oxygens (including phenoxy) is 2. The zero-order valence-electron chi connectivity index (χ0n) is 9.57. The Morgan fingerprint density at radius 2 is 1.93 bits per heavy atom. The van der Waals surface area contributed by atoms with Crippen LogP contribution in [0.5, 0.6) is 0 Å². The molecule has 0 radical (unpaired) electrons. The molecule has 0 aromatic carbocycles. The molecule has 0 heterocycles. The summed E-state index contributed by atoms with van der Waals surface area (Å²) >= 11 is 0. The summed E-state index contributed by atoms with van der Waals surface area (Å²) in [5, 5.41) is 8.48. The van der Waals surface area contributed by atoms with Crippen molar-refractivity contribution in [3.05, 3.63) is 12.2 Å². The van der Waals surface area contributed by atoms with Crippen LogP contribution < -0.4 is 0 Å². The monoisotopic (exact) mass is 218 g/mol. The molecule has 0 saturated heterocycles. The minimum atomic E-state index is -0.991. The fraction of sp³-hybridized carbons (Fsp3) is 0.600. The van der Waals surface area contributed by atoms with Crippen LogP contribution in [0, 0.1) is 0 Å². The molecule has 5 nitrogen and oxygen atoms in total. The quantitative estimate of drug-likeness (QED) is 0.556. The fourth-order valence-electron chi connectivity index (χ4n) is 0.437. The third kappa shape index (κ3) is 10.6. The van der Waals surface area contributed by atoms with Crippen molar-refractivity contribution in [2.24, 2.45) is 0 Å². The zero-order valence-corrected chi connectivity index (χ0v) is 9.57. The van der Waals surface area contributed by atoms with Gasteiger partial charge in [-0.15, -0.1) is 0 Å². The molecule has 0 saturated carbocycles. The van der Waals surface area contributed by atoms with Crippen molar-refractivity contribution in [2.75, 3.05) is 13.7 Å². The number of carbonyl (C=O) groups excluding carboxylic acids is 2. The summed E-state index contributed by atoms with van der Waals surface area (Å²) < 4.78 is 8.69. The normalized spacial score (nSPS) is 10.5. The molecule has 1 N–H and O–H groups in total. The third-order valence-corrected chi connectivity index (χ3v) is 1.16. The van der Waals surface area contributed by atoms with Crippen LogP contribution >= 0.6 is 0 Å².